The second-order valence-electron chi connectivity index (χ2n) is 1.75. The lowest BCUT2D eigenvalue weighted by atomic mass is 10.5. The summed E-state index contributed by atoms with van der Waals surface area (Å²) in [5.74, 6) is 0. The Hall–Kier alpha value is -0.210. The Morgan fingerprint density at radius 3 is 2.64 bits per heavy atom. The molecule has 0 atom stereocenters. The zero-order valence-electron chi connectivity index (χ0n) is 5.36. The highest BCUT2D eigenvalue weighted by Crippen LogP contribution is 2.03. The van der Waals surface area contributed by atoms with Gasteiger partial charge < -0.3 is 0 Å². The van der Waals surface area contributed by atoms with Gasteiger partial charge in [-0.15, -0.1) is 0 Å². The van der Waals surface area contributed by atoms with Crippen molar-refractivity contribution < 1.29 is 8.42 Å². The van der Waals surface area contributed by atoms with Gasteiger partial charge in [-0.05, 0) is 12.1 Å². The monoisotopic (exact) mass is 284 g/mol. The molecule has 0 bridgehead atoms. The van der Waals surface area contributed by atoms with Crippen molar-refractivity contribution in [3.05, 3.63) is 24.4 Å². The SMILES string of the molecule is O=S(=O)(NI)c1ccccn1. The van der Waals surface area contributed by atoms with Gasteiger partial charge in [0.2, 0.25) is 0 Å². The van der Waals surface area contributed by atoms with Gasteiger partial charge in [0.25, 0.3) is 10.0 Å². The van der Waals surface area contributed by atoms with Crippen LogP contribution in [-0.4, -0.2) is 13.4 Å². The molecule has 1 aromatic heterocycles. The van der Waals surface area contributed by atoms with Crippen molar-refractivity contribution in [3.8, 4) is 0 Å². The summed E-state index contributed by atoms with van der Waals surface area (Å²) in [6.45, 7) is 0. The second-order valence-corrected chi connectivity index (χ2v) is 4.65. The standard InChI is InChI=1S/C5H5IN2O2S/c6-8-11(9,10)5-3-1-2-4-7-5/h1-4,8H. The largest absolute Gasteiger partial charge is 0.266 e. The van der Waals surface area contributed by atoms with E-state index in [1.165, 1.54) is 12.3 Å². The van der Waals surface area contributed by atoms with Crippen molar-refractivity contribution in [1.82, 2.24) is 7.92 Å². The smallest absolute Gasteiger partial charge is 0.243 e. The molecule has 0 spiro atoms. The van der Waals surface area contributed by atoms with E-state index in [9.17, 15) is 8.42 Å². The normalized spacial score (nSPS) is 11.4. The van der Waals surface area contributed by atoms with E-state index >= 15 is 0 Å². The molecule has 0 aliphatic carbocycles. The van der Waals surface area contributed by atoms with Crippen molar-refractivity contribution >= 4 is 32.9 Å². The van der Waals surface area contributed by atoms with E-state index in [2.05, 4.69) is 7.92 Å². The summed E-state index contributed by atoms with van der Waals surface area (Å²) in [6.07, 6.45) is 1.43. The van der Waals surface area contributed by atoms with Gasteiger partial charge in [-0.1, -0.05) is 6.07 Å². The zero-order valence-corrected chi connectivity index (χ0v) is 8.33. The molecule has 11 heavy (non-hydrogen) atoms. The summed E-state index contributed by atoms with van der Waals surface area (Å²) in [5, 5.41) is 0.0365. The molecular weight excluding hydrogens is 279 g/mol. The molecule has 0 saturated carbocycles. The number of nitrogens with zero attached hydrogens (tertiary/aromatic N) is 1. The maximum Gasteiger partial charge on any atom is 0.266 e. The van der Waals surface area contributed by atoms with Crippen LogP contribution in [0.2, 0.25) is 0 Å². The predicted octanol–water partition coefficient (Wildman–Crippen LogP) is 0.710. The van der Waals surface area contributed by atoms with Crippen LogP contribution in [0.4, 0.5) is 0 Å². The third kappa shape index (κ3) is 2.11. The molecule has 0 unspecified atom stereocenters. The lowest BCUT2D eigenvalue weighted by molar-refractivity contribution is 0.592. The summed E-state index contributed by atoms with van der Waals surface area (Å²) in [5.41, 5.74) is 0. The van der Waals surface area contributed by atoms with Crippen molar-refractivity contribution in [1.29, 1.82) is 0 Å². The number of rotatable bonds is 2. The average Bonchev–Trinajstić information content (AvgIpc) is 2.06. The first-order valence-corrected chi connectivity index (χ1v) is 5.26. The number of aromatic nitrogens is 1. The van der Waals surface area contributed by atoms with Crippen LogP contribution in [0.1, 0.15) is 0 Å². The minimum absolute atomic E-state index is 0.0365. The molecule has 1 heterocycles. The first kappa shape index (κ1) is 8.88. The minimum Gasteiger partial charge on any atom is -0.243 e. The van der Waals surface area contributed by atoms with E-state index in [0.29, 0.717) is 0 Å². The first-order chi connectivity index (χ1) is 5.17. The van der Waals surface area contributed by atoms with Crippen LogP contribution in [-0.2, 0) is 10.0 Å². The number of hydrogen-bond acceptors (Lipinski definition) is 3. The maximum atomic E-state index is 11.0. The summed E-state index contributed by atoms with van der Waals surface area (Å²) < 4.78 is 24.2. The Morgan fingerprint density at radius 1 is 1.45 bits per heavy atom. The van der Waals surface area contributed by atoms with Gasteiger partial charge in [-0.25, -0.2) is 13.4 Å². The van der Waals surface area contributed by atoms with Gasteiger partial charge in [-0.3, -0.25) is 0 Å². The van der Waals surface area contributed by atoms with E-state index in [-0.39, 0.29) is 5.03 Å². The van der Waals surface area contributed by atoms with Crippen molar-refractivity contribution in [2.75, 3.05) is 0 Å². The summed E-state index contributed by atoms with van der Waals surface area (Å²) in [4.78, 5) is 3.67. The second kappa shape index (κ2) is 3.46. The number of sulfonamides is 1. The Kier molecular flexibility index (Phi) is 2.79. The number of halogens is 1. The van der Waals surface area contributed by atoms with Crippen LogP contribution in [0, 0.1) is 0 Å². The molecule has 0 amide bonds. The lowest BCUT2D eigenvalue weighted by Crippen LogP contribution is -2.13. The molecule has 1 N–H and O–H groups in total. The van der Waals surface area contributed by atoms with Crippen molar-refractivity contribution in [2.45, 2.75) is 5.03 Å². The third-order valence-electron chi connectivity index (χ3n) is 1.01. The van der Waals surface area contributed by atoms with E-state index in [4.69, 9.17) is 0 Å². The quantitative estimate of drug-likeness (QED) is 0.642. The molecule has 0 aliphatic heterocycles. The van der Waals surface area contributed by atoms with Crippen LogP contribution < -0.4 is 2.94 Å². The highest BCUT2D eigenvalue weighted by Gasteiger charge is 2.11. The van der Waals surface area contributed by atoms with Gasteiger partial charge in [0.05, 0.1) is 0 Å². The molecule has 4 nitrogen and oxygen atoms in total. The molecule has 1 aromatic rings. The summed E-state index contributed by atoms with van der Waals surface area (Å²) >= 11 is 1.56. The fourth-order valence-electron chi connectivity index (χ4n) is 0.546. The highest BCUT2D eigenvalue weighted by atomic mass is 127. The predicted molar refractivity (Wildman–Crippen MR) is 48.6 cm³/mol. The fourth-order valence-corrected chi connectivity index (χ4v) is 1.76. The third-order valence-corrected chi connectivity index (χ3v) is 3.75. The topological polar surface area (TPSA) is 59.1 Å². The minimum atomic E-state index is -3.37. The van der Waals surface area contributed by atoms with E-state index in [1.54, 1.807) is 35.0 Å². The van der Waals surface area contributed by atoms with Crippen LogP contribution in [0.25, 0.3) is 0 Å². The van der Waals surface area contributed by atoms with Gasteiger partial charge in [0, 0.05) is 29.1 Å². The van der Waals surface area contributed by atoms with Crippen LogP contribution in [0.5, 0.6) is 0 Å². The number of nitrogens with one attached hydrogen (secondary N) is 1. The van der Waals surface area contributed by atoms with Crippen molar-refractivity contribution in [2.24, 2.45) is 0 Å². The van der Waals surface area contributed by atoms with Gasteiger partial charge in [-0.2, -0.15) is 2.94 Å². The fraction of sp³-hybridized carbons (Fsp3) is 0. The Bertz CT molecular complexity index is 324. The molecule has 1 rings (SSSR count). The van der Waals surface area contributed by atoms with Gasteiger partial charge in [0.15, 0.2) is 5.03 Å². The van der Waals surface area contributed by atoms with E-state index < -0.39 is 10.0 Å². The molecule has 0 fully saturated rings. The highest BCUT2D eigenvalue weighted by molar-refractivity contribution is 14.1. The zero-order chi connectivity index (χ0) is 8.32. The lowest BCUT2D eigenvalue weighted by Gasteiger charge is -1.96. The van der Waals surface area contributed by atoms with Crippen LogP contribution in [0.3, 0.4) is 0 Å². The molecule has 0 aromatic carbocycles. The summed E-state index contributed by atoms with van der Waals surface area (Å²) in [7, 11) is -3.37. The molecule has 60 valence electrons. The molecule has 6 heteroatoms. The molecule has 0 aliphatic rings. The van der Waals surface area contributed by atoms with E-state index in [1.807, 2.05) is 0 Å². The van der Waals surface area contributed by atoms with E-state index in [0.717, 1.165) is 0 Å². The molecule has 0 saturated heterocycles. The molecular formula is C5H5IN2O2S. The van der Waals surface area contributed by atoms with Crippen LogP contribution >= 0.6 is 22.9 Å². The Morgan fingerprint density at radius 2 is 2.18 bits per heavy atom. The van der Waals surface area contributed by atoms with Gasteiger partial charge >= 0.3 is 0 Å². The Balaban J connectivity index is 3.14. The maximum absolute atomic E-state index is 11.0. The van der Waals surface area contributed by atoms with Gasteiger partial charge in [0.1, 0.15) is 0 Å². The average molecular weight is 284 g/mol. The van der Waals surface area contributed by atoms with Crippen LogP contribution in [0.15, 0.2) is 29.4 Å². The number of hydrogen-bond donors (Lipinski definition) is 1. The Labute approximate surface area is 78.6 Å². The molecule has 0 radical (unpaired) electrons. The summed E-state index contributed by atoms with van der Waals surface area (Å²) in [6, 6.07) is 4.71. The number of pyridine rings is 1. The van der Waals surface area contributed by atoms with Crippen molar-refractivity contribution in [3.63, 3.8) is 0 Å². The first-order valence-electron chi connectivity index (χ1n) is 2.70.